The molecule has 4 heteroatoms. The van der Waals surface area contributed by atoms with E-state index in [0.29, 0.717) is 6.54 Å². The molecule has 4 nitrogen and oxygen atoms in total. The Bertz CT molecular complexity index is 294. The van der Waals surface area contributed by atoms with Crippen LogP contribution in [0.1, 0.15) is 32.9 Å². The standard InChI is InChI=1S/C11H21N3O/c1-4-8-14-10(6-7-13-14)11(3,15)9-12-5-2/h6-7,12,15H,4-5,8-9H2,1-3H3. The fourth-order valence-corrected chi connectivity index (χ4v) is 1.64. The van der Waals surface area contributed by atoms with Gasteiger partial charge in [-0.25, -0.2) is 0 Å². The fourth-order valence-electron chi connectivity index (χ4n) is 1.64. The molecule has 0 saturated heterocycles. The maximum absolute atomic E-state index is 10.3. The molecule has 1 unspecified atom stereocenters. The number of aryl methyl sites for hydroxylation is 1. The van der Waals surface area contributed by atoms with Gasteiger partial charge in [0, 0.05) is 19.3 Å². The monoisotopic (exact) mass is 211 g/mol. The highest BCUT2D eigenvalue weighted by Gasteiger charge is 2.26. The SMILES string of the molecule is CCCn1nccc1C(C)(O)CNCC. The van der Waals surface area contributed by atoms with Crippen molar-refractivity contribution in [2.24, 2.45) is 0 Å². The lowest BCUT2D eigenvalue weighted by Crippen LogP contribution is -2.37. The highest BCUT2D eigenvalue weighted by molar-refractivity contribution is 5.11. The van der Waals surface area contributed by atoms with Gasteiger partial charge in [-0.05, 0) is 26.0 Å². The van der Waals surface area contributed by atoms with Gasteiger partial charge < -0.3 is 10.4 Å². The third-order valence-corrected chi connectivity index (χ3v) is 2.42. The minimum Gasteiger partial charge on any atom is -0.383 e. The maximum atomic E-state index is 10.3. The molecule has 0 radical (unpaired) electrons. The van der Waals surface area contributed by atoms with Gasteiger partial charge in [-0.15, -0.1) is 0 Å². The molecule has 0 aliphatic carbocycles. The molecular formula is C11H21N3O. The van der Waals surface area contributed by atoms with Gasteiger partial charge in [0.1, 0.15) is 5.60 Å². The van der Waals surface area contributed by atoms with Crippen LogP contribution >= 0.6 is 0 Å². The van der Waals surface area contributed by atoms with Crippen LogP contribution in [0.15, 0.2) is 12.3 Å². The number of hydrogen-bond acceptors (Lipinski definition) is 3. The molecule has 0 bridgehead atoms. The van der Waals surface area contributed by atoms with Gasteiger partial charge in [0.15, 0.2) is 0 Å². The van der Waals surface area contributed by atoms with Crippen LogP contribution in [-0.2, 0) is 12.1 Å². The molecule has 0 amide bonds. The summed E-state index contributed by atoms with van der Waals surface area (Å²) in [7, 11) is 0. The molecule has 0 aromatic carbocycles. The van der Waals surface area contributed by atoms with Crippen LogP contribution < -0.4 is 5.32 Å². The zero-order valence-electron chi connectivity index (χ0n) is 9.82. The van der Waals surface area contributed by atoms with E-state index in [2.05, 4.69) is 17.3 Å². The average Bonchev–Trinajstić information content (AvgIpc) is 2.64. The van der Waals surface area contributed by atoms with Gasteiger partial charge in [-0.2, -0.15) is 5.10 Å². The predicted molar refractivity (Wildman–Crippen MR) is 60.6 cm³/mol. The van der Waals surface area contributed by atoms with Gasteiger partial charge >= 0.3 is 0 Å². The Labute approximate surface area is 91.3 Å². The summed E-state index contributed by atoms with van der Waals surface area (Å²) < 4.78 is 1.87. The van der Waals surface area contributed by atoms with Crippen LogP contribution in [0.3, 0.4) is 0 Å². The molecule has 1 rings (SSSR count). The molecule has 0 spiro atoms. The molecule has 0 fully saturated rings. The second-order valence-corrected chi connectivity index (χ2v) is 3.99. The number of rotatable bonds is 6. The highest BCUT2D eigenvalue weighted by atomic mass is 16.3. The van der Waals surface area contributed by atoms with E-state index in [1.165, 1.54) is 0 Å². The number of aromatic nitrogens is 2. The van der Waals surface area contributed by atoms with E-state index >= 15 is 0 Å². The molecule has 0 aliphatic rings. The second kappa shape index (κ2) is 5.28. The van der Waals surface area contributed by atoms with Crippen molar-refractivity contribution in [3.05, 3.63) is 18.0 Å². The minimum absolute atomic E-state index is 0.554. The average molecular weight is 211 g/mol. The van der Waals surface area contributed by atoms with Crippen LogP contribution in [0, 0.1) is 0 Å². The van der Waals surface area contributed by atoms with Crippen molar-refractivity contribution in [3.8, 4) is 0 Å². The summed E-state index contributed by atoms with van der Waals surface area (Å²) >= 11 is 0. The van der Waals surface area contributed by atoms with Crippen LogP contribution in [-0.4, -0.2) is 28.0 Å². The topological polar surface area (TPSA) is 50.1 Å². The molecule has 1 aromatic rings. The van der Waals surface area contributed by atoms with Gasteiger partial charge in [0.25, 0.3) is 0 Å². The number of likely N-dealkylation sites (N-methyl/N-ethyl adjacent to an activating group) is 1. The van der Waals surface area contributed by atoms with E-state index in [-0.39, 0.29) is 0 Å². The van der Waals surface area contributed by atoms with Gasteiger partial charge in [-0.1, -0.05) is 13.8 Å². The first kappa shape index (κ1) is 12.2. The van der Waals surface area contributed by atoms with E-state index in [1.807, 2.05) is 24.6 Å². The van der Waals surface area contributed by atoms with Gasteiger partial charge in [0.2, 0.25) is 0 Å². The Hall–Kier alpha value is -0.870. The molecular weight excluding hydrogens is 190 g/mol. The zero-order chi connectivity index (χ0) is 11.3. The number of nitrogens with one attached hydrogen (secondary N) is 1. The van der Waals surface area contributed by atoms with Crippen molar-refractivity contribution in [3.63, 3.8) is 0 Å². The Morgan fingerprint density at radius 1 is 1.53 bits per heavy atom. The predicted octanol–water partition coefficient (Wildman–Crippen LogP) is 1.11. The molecule has 1 atom stereocenters. The Kier molecular flexibility index (Phi) is 4.29. The first-order valence-corrected chi connectivity index (χ1v) is 5.57. The highest BCUT2D eigenvalue weighted by Crippen LogP contribution is 2.19. The summed E-state index contributed by atoms with van der Waals surface area (Å²) in [5.41, 5.74) is 0.0344. The Morgan fingerprint density at radius 2 is 2.27 bits per heavy atom. The summed E-state index contributed by atoms with van der Waals surface area (Å²) in [4.78, 5) is 0. The van der Waals surface area contributed by atoms with Crippen molar-refractivity contribution in [2.45, 2.75) is 39.3 Å². The molecule has 15 heavy (non-hydrogen) atoms. The van der Waals surface area contributed by atoms with Crippen molar-refractivity contribution >= 4 is 0 Å². The summed E-state index contributed by atoms with van der Waals surface area (Å²) in [5.74, 6) is 0. The van der Waals surface area contributed by atoms with Crippen LogP contribution in [0.5, 0.6) is 0 Å². The van der Waals surface area contributed by atoms with Crippen molar-refractivity contribution < 1.29 is 5.11 Å². The number of nitrogens with zero attached hydrogens (tertiary/aromatic N) is 2. The van der Waals surface area contributed by atoms with Crippen LogP contribution in [0.4, 0.5) is 0 Å². The van der Waals surface area contributed by atoms with Crippen LogP contribution in [0.2, 0.25) is 0 Å². The third-order valence-electron chi connectivity index (χ3n) is 2.42. The van der Waals surface area contributed by atoms with E-state index in [9.17, 15) is 5.11 Å². The largest absolute Gasteiger partial charge is 0.383 e. The van der Waals surface area contributed by atoms with Crippen LogP contribution in [0.25, 0.3) is 0 Å². The second-order valence-electron chi connectivity index (χ2n) is 3.99. The van der Waals surface area contributed by atoms with Crippen molar-refractivity contribution in [2.75, 3.05) is 13.1 Å². The summed E-state index contributed by atoms with van der Waals surface area (Å²) in [6, 6.07) is 1.88. The first-order chi connectivity index (χ1) is 7.11. The third kappa shape index (κ3) is 3.04. The van der Waals surface area contributed by atoms with E-state index in [1.54, 1.807) is 6.20 Å². The number of hydrogen-bond donors (Lipinski definition) is 2. The molecule has 86 valence electrons. The van der Waals surface area contributed by atoms with E-state index in [0.717, 1.165) is 25.2 Å². The molecule has 1 aromatic heterocycles. The van der Waals surface area contributed by atoms with Crippen molar-refractivity contribution in [1.29, 1.82) is 0 Å². The lowest BCUT2D eigenvalue weighted by Gasteiger charge is -2.24. The van der Waals surface area contributed by atoms with Gasteiger partial charge in [0.05, 0.1) is 5.69 Å². The Morgan fingerprint density at radius 3 is 2.87 bits per heavy atom. The molecule has 0 aliphatic heterocycles. The number of aliphatic hydroxyl groups is 1. The zero-order valence-corrected chi connectivity index (χ0v) is 9.82. The summed E-state index contributed by atoms with van der Waals surface area (Å²) in [6.07, 6.45) is 2.76. The lowest BCUT2D eigenvalue weighted by atomic mass is 10.0. The van der Waals surface area contributed by atoms with Crippen molar-refractivity contribution in [1.82, 2.24) is 15.1 Å². The normalized spacial score (nSPS) is 15.2. The molecule has 2 N–H and O–H groups in total. The molecule has 0 saturated carbocycles. The quantitative estimate of drug-likeness (QED) is 0.741. The summed E-state index contributed by atoms with van der Waals surface area (Å²) in [6.45, 7) is 8.21. The molecule has 1 heterocycles. The first-order valence-electron chi connectivity index (χ1n) is 5.57. The van der Waals surface area contributed by atoms with E-state index < -0.39 is 5.60 Å². The lowest BCUT2D eigenvalue weighted by molar-refractivity contribution is 0.0479. The summed E-state index contributed by atoms with van der Waals surface area (Å²) in [5, 5.41) is 17.7. The van der Waals surface area contributed by atoms with Gasteiger partial charge in [-0.3, -0.25) is 4.68 Å². The smallest absolute Gasteiger partial charge is 0.116 e. The minimum atomic E-state index is -0.846. The Balaban J connectivity index is 2.78. The maximum Gasteiger partial charge on any atom is 0.116 e. The van der Waals surface area contributed by atoms with E-state index in [4.69, 9.17) is 0 Å². The fraction of sp³-hybridized carbons (Fsp3) is 0.727.